The number of nitrogens with one attached hydrogen (secondary N) is 1. The number of fused-ring (bicyclic) bond motifs is 4. The normalized spacial score (nSPS) is 25.0. The van der Waals surface area contributed by atoms with Gasteiger partial charge in [0, 0.05) is 36.8 Å². The molecule has 1 aliphatic carbocycles. The van der Waals surface area contributed by atoms with Gasteiger partial charge >= 0.3 is 0 Å². The Morgan fingerprint density at radius 3 is 2.92 bits per heavy atom. The van der Waals surface area contributed by atoms with Crippen LogP contribution in [0.3, 0.4) is 0 Å². The summed E-state index contributed by atoms with van der Waals surface area (Å²) in [5.41, 5.74) is 11.2. The molecule has 0 amide bonds. The second-order valence-corrected chi connectivity index (χ2v) is 7.56. The van der Waals surface area contributed by atoms with Crippen LogP contribution in [0.2, 0.25) is 0 Å². The second-order valence-electron chi connectivity index (χ2n) is 7.56. The topological polar surface area (TPSA) is 67.1 Å². The number of aryl methyl sites for hydroxylation is 1. The minimum Gasteiger partial charge on any atom is -0.368 e. The zero-order chi connectivity index (χ0) is 16.8. The third kappa shape index (κ3) is 2.49. The van der Waals surface area contributed by atoms with Crippen LogP contribution in [0.25, 0.3) is 11.3 Å². The van der Waals surface area contributed by atoms with E-state index >= 15 is 0 Å². The summed E-state index contributed by atoms with van der Waals surface area (Å²) >= 11 is 0. The van der Waals surface area contributed by atoms with E-state index in [4.69, 9.17) is 15.7 Å². The van der Waals surface area contributed by atoms with Crippen LogP contribution in [0.1, 0.15) is 30.4 Å². The van der Waals surface area contributed by atoms with Gasteiger partial charge in [-0.25, -0.2) is 4.98 Å². The van der Waals surface area contributed by atoms with Gasteiger partial charge in [0.25, 0.3) is 0 Å². The minimum absolute atomic E-state index is 0.401. The molecule has 2 aliphatic heterocycles. The van der Waals surface area contributed by atoms with Gasteiger partial charge in [0.2, 0.25) is 5.95 Å². The van der Waals surface area contributed by atoms with E-state index < -0.39 is 0 Å². The van der Waals surface area contributed by atoms with Gasteiger partial charge in [-0.05, 0) is 43.6 Å². The zero-order valence-corrected chi connectivity index (χ0v) is 14.5. The lowest BCUT2D eigenvalue weighted by Gasteiger charge is -2.29. The number of nitrogen functional groups attached to an aromatic ring is 1. The van der Waals surface area contributed by atoms with Crippen LogP contribution in [0.4, 0.5) is 11.8 Å². The Morgan fingerprint density at radius 1 is 1.08 bits per heavy atom. The highest BCUT2D eigenvalue weighted by Crippen LogP contribution is 2.39. The van der Waals surface area contributed by atoms with Crippen molar-refractivity contribution in [2.24, 2.45) is 5.92 Å². The molecule has 0 unspecified atom stereocenters. The Hall–Kier alpha value is -2.14. The molecule has 0 bridgehead atoms. The molecule has 0 saturated carbocycles. The number of benzene rings is 1. The van der Waals surface area contributed by atoms with Crippen molar-refractivity contribution in [1.82, 2.24) is 15.3 Å². The Kier molecular flexibility index (Phi) is 3.63. The van der Waals surface area contributed by atoms with Crippen LogP contribution in [-0.2, 0) is 12.8 Å². The first kappa shape index (κ1) is 15.1. The predicted octanol–water partition coefficient (Wildman–Crippen LogP) is 2.40. The number of anilines is 2. The third-order valence-corrected chi connectivity index (χ3v) is 6.12. The number of rotatable bonds is 1. The molecular formula is C20H25N5. The second kappa shape index (κ2) is 5.99. The summed E-state index contributed by atoms with van der Waals surface area (Å²) in [6, 6.07) is 9.21. The van der Waals surface area contributed by atoms with E-state index in [1.165, 1.54) is 36.0 Å². The predicted molar refractivity (Wildman–Crippen MR) is 101 cm³/mol. The highest BCUT2D eigenvalue weighted by molar-refractivity contribution is 5.73. The smallest absolute Gasteiger partial charge is 0.222 e. The molecule has 5 rings (SSSR count). The lowest BCUT2D eigenvalue weighted by molar-refractivity contribution is 0.576. The summed E-state index contributed by atoms with van der Waals surface area (Å²) in [6.07, 6.45) is 5.80. The molecule has 5 heteroatoms. The van der Waals surface area contributed by atoms with Gasteiger partial charge < -0.3 is 16.0 Å². The van der Waals surface area contributed by atoms with Crippen molar-refractivity contribution in [3.8, 4) is 11.3 Å². The number of nitrogens with two attached hydrogens (primary N) is 1. The molecule has 2 saturated heterocycles. The molecule has 25 heavy (non-hydrogen) atoms. The molecular weight excluding hydrogens is 310 g/mol. The molecule has 2 fully saturated rings. The summed E-state index contributed by atoms with van der Waals surface area (Å²) in [4.78, 5) is 11.9. The molecule has 0 radical (unpaired) electrons. The van der Waals surface area contributed by atoms with Crippen molar-refractivity contribution in [1.29, 1.82) is 0 Å². The molecule has 0 spiro atoms. The minimum atomic E-state index is 0.401. The fourth-order valence-corrected chi connectivity index (χ4v) is 4.88. The lowest BCUT2D eigenvalue weighted by Crippen LogP contribution is -2.36. The number of nitrogens with zero attached hydrogens (tertiary/aromatic N) is 3. The molecule has 1 aromatic heterocycles. The molecule has 3 aliphatic rings. The maximum atomic E-state index is 6.17. The van der Waals surface area contributed by atoms with E-state index in [9.17, 15) is 0 Å². The summed E-state index contributed by atoms with van der Waals surface area (Å²) < 4.78 is 0. The van der Waals surface area contributed by atoms with Crippen LogP contribution < -0.4 is 16.0 Å². The van der Waals surface area contributed by atoms with E-state index in [1.807, 2.05) is 0 Å². The van der Waals surface area contributed by atoms with Gasteiger partial charge in [-0.2, -0.15) is 4.98 Å². The molecule has 130 valence electrons. The Bertz CT molecular complexity index is 803. The van der Waals surface area contributed by atoms with Gasteiger partial charge in [0.15, 0.2) is 0 Å². The van der Waals surface area contributed by atoms with Crippen molar-refractivity contribution < 1.29 is 0 Å². The highest BCUT2D eigenvalue weighted by atomic mass is 15.3. The average Bonchev–Trinajstić information content (AvgIpc) is 3.21. The van der Waals surface area contributed by atoms with Gasteiger partial charge in [0.05, 0.1) is 5.69 Å². The van der Waals surface area contributed by atoms with Crippen LogP contribution in [0.5, 0.6) is 0 Å². The third-order valence-electron chi connectivity index (χ3n) is 6.12. The first-order valence-corrected chi connectivity index (χ1v) is 9.53. The Labute approximate surface area is 148 Å². The van der Waals surface area contributed by atoms with Crippen molar-refractivity contribution in [2.45, 2.75) is 38.1 Å². The van der Waals surface area contributed by atoms with E-state index in [-0.39, 0.29) is 0 Å². The largest absolute Gasteiger partial charge is 0.368 e. The van der Waals surface area contributed by atoms with Gasteiger partial charge in [-0.15, -0.1) is 0 Å². The SMILES string of the molecule is Nc1nc2c(c(N3CC[C@@H]4CNC[C@@H]43)n1)CCCCc1ccccc1-2. The monoisotopic (exact) mass is 335 g/mol. The molecule has 5 nitrogen and oxygen atoms in total. The maximum Gasteiger partial charge on any atom is 0.222 e. The maximum absolute atomic E-state index is 6.17. The number of aromatic nitrogens is 2. The first-order chi connectivity index (χ1) is 12.3. The highest BCUT2D eigenvalue weighted by Gasteiger charge is 2.39. The quantitative estimate of drug-likeness (QED) is 0.838. The van der Waals surface area contributed by atoms with Crippen molar-refractivity contribution in [3.05, 3.63) is 35.4 Å². The van der Waals surface area contributed by atoms with Gasteiger partial charge in [-0.3, -0.25) is 0 Å². The lowest BCUT2D eigenvalue weighted by atomic mass is 9.91. The Morgan fingerprint density at radius 2 is 1.96 bits per heavy atom. The van der Waals surface area contributed by atoms with E-state index in [0.29, 0.717) is 12.0 Å². The van der Waals surface area contributed by atoms with Crippen LogP contribution in [-0.4, -0.2) is 35.6 Å². The zero-order valence-electron chi connectivity index (χ0n) is 14.5. The number of hydrogen-bond acceptors (Lipinski definition) is 5. The Balaban J connectivity index is 1.67. The summed E-state index contributed by atoms with van der Waals surface area (Å²) in [5.74, 6) is 2.24. The first-order valence-electron chi connectivity index (χ1n) is 9.53. The number of hydrogen-bond donors (Lipinski definition) is 2. The molecule has 1 aromatic carbocycles. The molecule has 3 N–H and O–H groups in total. The van der Waals surface area contributed by atoms with Crippen LogP contribution in [0, 0.1) is 5.92 Å². The standard InChI is InChI=1S/C20H25N5/c21-20-23-18-15-7-3-1-5-13(15)6-2-4-8-16(18)19(24-20)25-10-9-14-11-22-12-17(14)25/h1,3,5,7,14,17,22H,2,4,6,8-12H2,(H2,21,23,24)/t14-,17+/m1/s1. The van der Waals surface area contributed by atoms with Crippen molar-refractivity contribution >= 4 is 11.8 Å². The van der Waals surface area contributed by atoms with E-state index in [2.05, 4.69) is 34.5 Å². The van der Waals surface area contributed by atoms with Crippen molar-refractivity contribution in [3.63, 3.8) is 0 Å². The summed E-state index contributed by atoms with van der Waals surface area (Å²) in [6.45, 7) is 3.27. The van der Waals surface area contributed by atoms with Crippen LogP contribution >= 0.6 is 0 Å². The average molecular weight is 335 g/mol. The van der Waals surface area contributed by atoms with Crippen molar-refractivity contribution in [2.75, 3.05) is 30.3 Å². The fourth-order valence-electron chi connectivity index (χ4n) is 4.88. The van der Waals surface area contributed by atoms with E-state index in [1.54, 1.807) is 0 Å². The fraction of sp³-hybridized carbons (Fsp3) is 0.500. The van der Waals surface area contributed by atoms with Gasteiger partial charge in [-0.1, -0.05) is 24.3 Å². The van der Waals surface area contributed by atoms with Crippen LogP contribution in [0.15, 0.2) is 24.3 Å². The summed E-state index contributed by atoms with van der Waals surface area (Å²) in [7, 11) is 0. The van der Waals surface area contributed by atoms with Gasteiger partial charge in [0.1, 0.15) is 5.82 Å². The molecule has 2 atom stereocenters. The molecule has 2 aromatic rings. The molecule has 3 heterocycles. The van der Waals surface area contributed by atoms with E-state index in [0.717, 1.165) is 49.9 Å². The summed E-state index contributed by atoms with van der Waals surface area (Å²) in [5, 5.41) is 3.54.